The molecule has 0 saturated heterocycles. The molecule has 5 nitrogen and oxygen atoms in total. The van der Waals surface area contributed by atoms with E-state index in [0.717, 1.165) is 16.9 Å². The number of anilines is 1. The van der Waals surface area contributed by atoms with Crippen molar-refractivity contribution in [2.45, 2.75) is 19.9 Å². The second-order valence-electron chi connectivity index (χ2n) is 5.50. The molecule has 2 rings (SSSR count). The van der Waals surface area contributed by atoms with Gasteiger partial charge >= 0.3 is 0 Å². The molecule has 122 valence electrons. The van der Waals surface area contributed by atoms with Crippen LogP contribution in [0.25, 0.3) is 0 Å². The SMILES string of the molecule is COCC(N)C(=O)Nc1ccc(Oc2cc(C)cc(C)c2)cc1. The number of hydrogen-bond donors (Lipinski definition) is 2. The van der Waals surface area contributed by atoms with Crippen LogP contribution in [0.4, 0.5) is 5.69 Å². The van der Waals surface area contributed by atoms with Gasteiger partial charge in [-0.25, -0.2) is 0 Å². The van der Waals surface area contributed by atoms with Gasteiger partial charge in [0.1, 0.15) is 17.5 Å². The van der Waals surface area contributed by atoms with Crippen LogP contribution in [-0.4, -0.2) is 25.7 Å². The van der Waals surface area contributed by atoms with E-state index in [2.05, 4.69) is 11.4 Å². The van der Waals surface area contributed by atoms with Crippen molar-refractivity contribution in [2.75, 3.05) is 19.0 Å². The van der Waals surface area contributed by atoms with Gasteiger partial charge in [0.2, 0.25) is 5.91 Å². The minimum Gasteiger partial charge on any atom is -0.457 e. The summed E-state index contributed by atoms with van der Waals surface area (Å²) in [5, 5.41) is 2.74. The minimum absolute atomic E-state index is 0.180. The molecule has 0 aromatic heterocycles. The third-order valence-electron chi connectivity index (χ3n) is 3.24. The normalized spacial score (nSPS) is 11.8. The Morgan fingerprint density at radius 3 is 2.26 bits per heavy atom. The second-order valence-corrected chi connectivity index (χ2v) is 5.50. The average Bonchev–Trinajstić information content (AvgIpc) is 2.48. The maximum absolute atomic E-state index is 11.8. The lowest BCUT2D eigenvalue weighted by Gasteiger charge is -2.12. The number of amides is 1. The molecule has 0 aliphatic rings. The summed E-state index contributed by atoms with van der Waals surface area (Å²) >= 11 is 0. The number of methoxy groups -OCH3 is 1. The smallest absolute Gasteiger partial charge is 0.243 e. The zero-order valence-corrected chi connectivity index (χ0v) is 13.6. The third-order valence-corrected chi connectivity index (χ3v) is 3.24. The van der Waals surface area contributed by atoms with E-state index in [4.69, 9.17) is 15.2 Å². The number of ether oxygens (including phenoxy) is 2. The van der Waals surface area contributed by atoms with Crippen molar-refractivity contribution in [3.63, 3.8) is 0 Å². The maximum atomic E-state index is 11.8. The predicted octanol–water partition coefficient (Wildman–Crippen LogP) is 3.01. The quantitative estimate of drug-likeness (QED) is 0.859. The molecule has 2 aromatic carbocycles. The van der Waals surface area contributed by atoms with Crippen LogP contribution in [0.3, 0.4) is 0 Å². The average molecular weight is 314 g/mol. The van der Waals surface area contributed by atoms with Crippen molar-refractivity contribution < 1.29 is 14.3 Å². The molecule has 0 aliphatic carbocycles. The summed E-state index contributed by atoms with van der Waals surface area (Å²) in [6.07, 6.45) is 0. The van der Waals surface area contributed by atoms with E-state index in [-0.39, 0.29) is 12.5 Å². The summed E-state index contributed by atoms with van der Waals surface area (Å²) in [5.41, 5.74) is 8.63. The summed E-state index contributed by atoms with van der Waals surface area (Å²) in [6, 6.07) is 12.5. The van der Waals surface area contributed by atoms with Gasteiger partial charge < -0.3 is 20.5 Å². The topological polar surface area (TPSA) is 73.6 Å². The molecular formula is C18H22N2O3. The highest BCUT2D eigenvalue weighted by Crippen LogP contribution is 2.25. The number of nitrogens with two attached hydrogens (primary N) is 1. The molecule has 0 aliphatic heterocycles. The molecule has 0 fully saturated rings. The van der Waals surface area contributed by atoms with Crippen LogP contribution in [-0.2, 0) is 9.53 Å². The van der Waals surface area contributed by atoms with Crippen LogP contribution in [0.15, 0.2) is 42.5 Å². The first-order valence-corrected chi connectivity index (χ1v) is 7.39. The Balaban J connectivity index is 2.00. The molecule has 0 radical (unpaired) electrons. The number of nitrogens with one attached hydrogen (secondary N) is 1. The molecule has 0 bridgehead atoms. The van der Waals surface area contributed by atoms with E-state index in [0.29, 0.717) is 11.4 Å². The van der Waals surface area contributed by atoms with Crippen molar-refractivity contribution >= 4 is 11.6 Å². The molecule has 23 heavy (non-hydrogen) atoms. The van der Waals surface area contributed by atoms with Crippen LogP contribution in [0.2, 0.25) is 0 Å². The fourth-order valence-electron chi connectivity index (χ4n) is 2.22. The van der Waals surface area contributed by atoms with Gasteiger partial charge in [0.15, 0.2) is 0 Å². The monoisotopic (exact) mass is 314 g/mol. The van der Waals surface area contributed by atoms with Crippen molar-refractivity contribution in [2.24, 2.45) is 5.73 Å². The maximum Gasteiger partial charge on any atom is 0.243 e. The fourth-order valence-corrected chi connectivity index (χ4v) is 2.22. The lowest BCUT2D eigenvalue weighted by molar-refractivity contribution is -0.118. The largest absolute Gasteiger partial charge is 0.457 e. The number of rotatable bonds is 6. The first-order valence-electron chi connectivity index (χ1n) is 7.39. The molecule has 0 heterocycles. The Bertz CT molecular complexity index is 648. The second kappa shape index (κ2) is 7.76. The lowest BCUT2D eigenvalue weighted by atomic mass is 10.1. The Labute approximate surface area is 136 Å². The number of benzene rings is 2. The standard InChI is InChI=1S/C18H22N2O3/c1-12-8-13(2)10-16(9-12)23-15-6-4-14(5-7-15)20-18(21)17(19)11-22-3/h4-10,17H,11,19H2,1-3H3,(H,20,21). The van der Waals surface area contributed by atoms with E-state index in [1.165, 1.54) is 7.11 Å². The number of carbonyl (C=O) groups is 1. The highest BCUT2D eigenvalue weighted by atomic mass is 16.5. The van der Waals surface area contributed by atoms with Crippen LogP contribution in [0, 0.1) is 13.8 Å². The van der Waals surface area contributed by atoms with Gasteiger partial charge in [-0.3, -0.25) is 4.79 Å². The molecule has 2 aromatic rings. The fraction of sp³-hybridized carbons (Fsp3) is 0.278. The summed E-state index contributed by atoms with van der Waals surface area (Å²) in [6.45, 7) is 4.24. The van der Waals surface area contributed by atoms with Crippen LogP contribution in [0.5, 0.6) is 11.5 Å². The predicted molar refractivity (Wildman–Crippen MR) is 90.9 cm³/mol. The summed E-state index contributed by atoms with van der Waals surface area (Å²) in [4.78, 5) is 11.8. The van der Waals surface area contributed by atoms with Crippen molar-refractivity contribution in [3.05, 3.63) is 53.6 Å². The zero-order valence-electron chi connectivity index (χ0n) is 13.6. The Morgan fingerprint density at radius 2 is 1.70 bits per heavy atom. The van der Waals surface area contributed by atoms with Crippen molar-refractivity contribution in [1.82, 2.24) is 0 Å². The third kappa shape index (κ3) is 5.09. The van der Waals surface area contributed by atoms with E-state index in [1.807, 2.05) is 26.0 Å². The highest BCUT2D eigenvalue weighted by Gasteiger charge is 2.13. The van der Waals surface area contributed by atoms with Crippen molar-refractivity contribution in [3.8, 4) is 11.5 Å². The molecule has 5 heteroatoms. The van der Waals surface area contributed by atoms with Gasteiger partial charge in [0, 0.05) is 12.8 Å². The molecule has 3 N–H and O–H groups in total. The Kier molecular flexibility index (Phi) is 5.73. The molecular weight excluding hydrogens is 292 g/mol. The number of aryl methyl sites for hydroxylation is 2. The first kappa shape index (κ1) is 17.0. The molecule has 0 saturated carbocycles. The molecule has 1 unspecified atom stereocenters. The minimum atomic E-state index is -0.689. The Morgan fingerprint density at radius 1 is 1.09 bits per heavy atom. The van der Waals surface area contributed by atoms with Crippen LogP contribution < -0.4 is 15.8 Å². The number of hydrogen-bond acceptors (Lipinski definition) is 4. The van der Waals surface area contributed by atoms with Gasteiger partial charge in [-0.1, -0.05) is 6.07 Å². The van der Waals surface area contributed by atoms with Crippen LogP contribution in [0.1, 0.15) is 11.1 Å². The van der Waals surface area contributed by atoms with E-state index in [9.17, 15) is 4.79 Å². The first-order chi connectivity index (χ1) is 11.0. The molecule has 1 amide bonds. The highest BCUT2D eigenvalue weighted by molar-refractivity contribution is 5.94. The van der Waals surface area contributed by atoms with Gasteiger partial charge in [-0.2, -0.15) is 0 Å². The zero-order chi connectivity index (χ0) is 16.8. The van der Waals surface area contributed by atoms with Gasteiger partial charge in [0.05, 0.1) is 6.61 Å². The number of carbonyl (C=O) groups excluding carboxylic acids is 1. The summed E-state index contributed by atoms with van der Waals surface area (Å²) < 4.78 is 10.7. The summed E-state index contributed by atoms with van der Waals surface area (Å²) in [5.74, 6) is 1.21. The Hall–Kier alpha value is -2.37. The summed E-state index contributed by atoms with van der Waals surface area (Å²) in [7, 11) is 1.51. The van der Waals surface area contributed by atoms with Gasteiger partial charge in [-0.15, -0.1) is 0 Å². The molecule has 1 atom stereocenters. The van der Waals surface area contributed by atoms with Gasteiger partial charge in [-0.05, 0) is 61.4 Å². The van der Waals surface area contributed by atoms with E-state index < -0.39 is 6.04 Å². The van der Waals surface area contributed by atoms with Crippen molar-refractivity contribution in [1.29, 1.82) is 0 Å². The van der Waals surface area contributed by atoms with Crippen LogP contribution >= 0.6 is 0 Å². The molecule has 0 spiro atoms. The van der Waals surface area contributed by atoms with E-state index in [1.54, 1.807) is 24.3 Å². The van der Waals surface area contributed by atoms with E-state index >= 15 is 0 Å². The lowest BCUT2D eigenvalue weighted by Crippen LogP contribution is -2.39. The van der Waals surface area contributed by atoms with Gasteiger partial charge in [0.25, 0.3) is 0 Å².